The van der Waals surface area contributed by atoms with E-state index in [1.165, 1.54) is 4.90 Å². The molecule has 0 aliphatic carbocycles. The number of halogens is 1. The van der Waals surface area contributed by atoms with Crippen molar-refractivity contribution in [2.45, 2.75) is 13.0 Å². The highest BCUT2D eigenvalue weighted by Crippen LogP contribution is 2.26. The van der Waals surface area contributed by atoms with E-state index in [1.807, 2.05) is 0 Å². The maximum absolute atomic E-state index is 12.2. The predicted molar refractivity (Wildman–Crippen MR) is 79.0 cm³/mol. The van der Waals surface area contributed by atoms with Crippen LogP contribution in [0.15, 0.2) is 22.7 Å². The Bertz CT molecular complexity index is 479. The number of methoxy groups -OCH3 is 1. The number of hydrogen-bond donors (Lipinski definition) is 1. The molecule has 0 saturated carbocycles. The Morgan fingerprint density at radius 1 is 1.56 bits per heavy atom. The van der Waals surface area contributed by atoms with Crippen LogP contribution in [0.4, 0.5) is 0 Å². The summed E-state index contributed by atoms with van der Waals surface area (Å²) in [5.41, 5.74) is 6.09. The summed E-state index contributed by atoms with van der Waals surface area (Å²) in [5.74, 6) is 0.537. The van der Waals surface area contributed by atoms with Gasteiger partial charge in [0.1, 0.15) is 5.75 Å². The van der Waals surface area contributed by atoms with Crippen LogP contribution in [0, 0.1) is 0 Å². The highest BCUT2D eigenvalue weighted by Gasteiger charge is 2.19. The molecule has 0 bridgehead atoms. The van der Waals surface area contributed by atoms with Crippen molar-refractivity contribution in [2.24, 2.45) is 5.73 Å². The lowest BCUT2D eigenvalue weighted by atomic mass is 10.1. The van der Waals surface area contributed by atoms with E-state index in [9.17, 15) is 4.79 Å². The largest absolute Gasteiger partial charge is 0.496 e. The number of carbonyl (C=O) groups is 1. The number of amides is 1. The average Bonchev–Trinajstić information content (AvgIpc) is 2.35. The number of benzene rings is 1. The zero-order valence-electron chi connectivity index (χ0n) is 10.4. The Balaban J connectivity index is 2.97. The monoisotopic (exact) mass is 330 g/mol. The Morgan fingerprint density at radius 2 is 2.17 bits per heavy atom. The molecule has 0 fully saturated rings. The summed E-state index contributed by atoms with van der Waals surface area (Å²) in [6, 6.07) is 4.86. The van der Waals surface area contributed by atoms with Crippen molar-refractivity contribution in [1.29, 1.82) is 0 Å². The summed E-state index contributed by atoms with van der Waals surface area (Å²) in [6.45, 7) is 1.79. The summed E-state index contributed by atoms with van der Waals surface area (Å²) >= 11 is 8.23. The van der Waals surface area contributed by atoms with E-state index in [1.54, 1.807) is 39.3 Å². The molecule has 0 aliphatic heterocycles. The number of nitrogens with zero attached hydrogens (tertiary/aromatic N) is 1. The van der Waals surface area contributed by atoms with Gasteiger partial charge in [-0.2, -0.15) is 0 Å². The second-order valence-electron chi connectivity index (χ2n) is 3.84. The minimum atomic E-state index is -0.284. The molecule has 18 heavy (non-hydrogen) atoms. The Hall–Kier alpha value is -1.14. The van der Waals surface area contributed by atoms with Crippen LogP contribution >= 0.6 is 28.1 Å². The standard InChI is InChI=1S/C12H15BrN2O2S/c1-7(11(14)18)15(2)12(16)8-4-5-10(17-3)9(13)6-8/h4-7H,1-3H3,(H2,14,18). The molecule has 0 radical (unpaired) electrons. The summed E-state index contributed by atoms with van der Waals surface area (Å²) in [4.78, 5) is 14.0. The van der Waals surface area contributed by atoms with Gasteiger partial charge in [0.05, 0.1) is 22.6 Å². The molecule has 1 rings (SSSR count). The molecule has 0 saturated heterocycles. The highest BCUT2D eigenvalue weighted by molar-refractivity contribution is 9.10. The SMILES string of the molecule is COc1ccc(C(=O)N(C)C(C)C(N)=S)cc1Br. The molecule has 0 spiro atoms. The molecular formula is C12H15BrN2O2S. The molecule has 0 aromatic heterocycles. The summed E-state index contributed by atoms with van der Waals surface area (Å²) in [7, 11) is 3.24. The molecule has 1 aromatic carbocycles. The van der Waals surface area contributed by atoms with Gasteiger partial charge in [-0.1, -0.05) is 12.2 Å². The number of rotatable bonds is 4. The molecule has 1 aromatic rings. The van der Waals surface area contributed by atoms with Crippen molar-refractivity contribution >= 4 is 39.0 Å². The van der Waals surface area contributed by atoms with Gasteiger partial charge in [0, 0.05) is 12.6 Å². The fraction of sp³-hybridized carbons (Fsp3) is 0.333. The third kappa shape index (κ3) is 3.20. The van der Waals surface area contributed by atoms with Crippen molar-refractivity contribution < 1.29 is 9.53 Å². The van der Waals surface area contributed by atoms with E-state index in [0.29, 0.717) is 16.3 Å². The van der Waals surface area contributed by atoms with Gasteiger partial charge < -0.3 is 15.4 Å². The zero-order chi connectivity index (χ0) is 13.9. The summed E-state index contributed by atoms with van der Waals surface area (Å²) in [5, 5.41) is 0. The molecular weight excluding hydrogens is 316 g/mol. The Morgan fingerprint density at radius 3 is 2.61 bits per heavy atom. The first-order valence-corrected chi connectivity index (χ1v) is 6.48. The normalized spacial score (nSPS) is 11.8. The average molecular weight is 331 g/mol. The van der Waals surface area contributed by atoms with Crippen molar-refractivity contribution in [2.75, 3.05) is 14.2 Å². The lowest BCUT2D eigenvalue weighted by Gasteiger charge is -2.24. The Kier molecular flexibility index (Phi) is 5.10. The Labute approximate surface area is 120 Å². The number of thiocarbonyl (C=S) groups is 1. The lowest BCUT2D eigenvalue weighted by Crippen LogP contribution is -2.42. The van der Waals surface area contributed by atoms with Crippen LogP contribution in [0.5, 0.6) is 5.75 Å². The van der Waals surface area contributed by atoms with Gasteiger partial charge in [0.2, 0.25) is 0 Å². The summed E-state index contributed by atoms with van der Waals surface area (Å²) < 4.78 is 5.84. The van der Waals surface area contributed by atoms with E-state index in [-0.39, 0.29) is 11.9 Å². The molecule has 4 nitrogen and oxygen atoms in total. The van der Waals surface area contributed by atoms with Crippen LogP contribution in [-0.2, 0) is 0 Å². The van der Waals surface area contributed by atoms with Crippen molar-refractivity contribution in [3.05, 3.63) is 28.2 Å². The van der Waals surface area contributed by atoms with E-state index >= 15 is 0 Å². The van der Waals surface area contributed by atoms with Crippen molar-refractivity contribution in [1.82, 2.24) is 4.90 Å². The van der Waals surface area contributed by atoms with Gasteiger partial charge in [0.15, 0.2) is 0 Å². The van der Waals surface area contributed by atoms with Crippen LogP contribution in [0.25, 0.3) is 0 Å². The van der Waals surface area contributed by atoms with Gasteiger partial charge in [0.25, 0.3) is 5.91 Å². The first kappa shape index (κ1) is 14.9. The van der Waals surface area contributed by atoms with E-state index in [4.69, 9.17) is 22.7 Å². The van der Waals surface area contributed by atoms with Gasteiger partial charge >= 0.3 is 0 Å². The molecule has 1 atom stereocenters. The lowest BCUT2D eigenvalue weighted by molar-refractivity contribution is 0.0779. The number of carbonyl (C=O) groups excluding carboxylic acids is 1. The van der Waals surface area contributed by atoms with Gasteiger partial charge in [-0.3, -0.25) is 4.79 Å². The number of hydrogen-bond acceptors (Lipinski definition) is 3. The molecule has 0 aliphatic rings. The molecule has 2 N–H and O–H groups in total. The number of nitrogens with two attached hydrogens (primary N) is 1. The van der Waals surface area contributed by atoms with Crippen LogP contribution in [0.2, 0.25) is 0 Å². The van der Waals surface area contributed by atoms with E-state index in [0.717, 1.165) is 4.47 Å². The van der Waals surface area contributed by atoms with Crippen molar-refractivity contribution in [3.63, 3.8) is 0 Å². The highest BCUT2D eigenvalue weighted by atomic mass is 79.9. The molecule has 98 valence electrons. The third-order valence-electron chi connectivity index (χ3n) is 2.71. The minimum absolute atomic E-state index is 0.140. The van der Waals surface area contributed by atoms with E-state index in [2.05, 4.69) is 15.9 Å². The van der Waals surface area contributed by atoms with Crippen LogP contribution in [0.3, 0.4) is 0 Å². The number of likely N-dealkylation sites (N-methyl/N-ethyl adjacent to an activating group) is 1. The molecule has 0 heterocycles. The maximum Gasteiger partial charge on any atom is 0.254 e. The number of ether oxygens (including phenoxy) is 1. The molecule has 6 heteroatoms. The first-order chi connectivity index (χ1) is 8.38. The van der Waals surface area contributed by atoms with Crippen molar-refractivity contribution in [3.8, 4) is 5.75 Å². The third-order valence-corrected chi connectivity index (χ3v) is 3.67. The molecule has 1 unspecified atom stereocenters. The maximum atomic E-state index is 12.2. The van der Waals surface area contributed by atoms with Crippen LogP contribution < -0.4 is 10.5 Å². The molecule has 1 amide bonds. The fourth-order valence-corrected chi connectivity index (χ4v) is 2.07. The van der Waals surface area contributed by atoms with Crippen LogP contribution in [-0.4, -0.2) is 36.0 Å². The zero-order valence-corrected chi connectivity index (χ0v) is 12.8. The van der Waals surface area contributed by atoms with Gasteiger partial charge in [-0.05, 0) is 41.1 Å². The summed E-state index contributed by atoms with van der Waals surface area (Å²) in [6.07, 6.45) is 0. The second-order valence-corrected chi connectivity index (χ2v) is 5.17. The van der Waals surface area contributed by atoms with Gasteiger partial charge in [-0.15, -0.1) is 0 Å². The fourth-order valence-electron chi connectivity index (χ4n) is 1.37. The quantitative estimate of drug-likeness (QED) is 0.860. The van der Waals surface area contributed by atoms with E-state index < -0.39 is 0 Å². The first-order valence-electron chi connectivity index (χ1n) is 5.28. The minimum Gasteiger partial charge on any atom is -0.496 e. The van der Waals surface area contributed by atoms with Gasteiger partial charge in [-0.25, -0.2) is 0 Å². The van der Waals surface area contributed by atoms with Crippen LogP contribution in [0.1, 0.15) is 17.3 Å². The second kappa shape index (κ2) is 6.15. The topological polar surface area (TPSA) is 55.6 Å². The predicted octanol–water partition coefficient (Wildman–Crippen LogP) is 2.20. The smallest absolute Gasteiger partial charge is 0.254 e.